The van der Waals surface area contributed by atoms with E-state index in [1.165, 1.54) is 35.6 Å². The number of fused-ring (bicyclic) bond motifs is 1. The SMILES string of the molecule is O=C(NCc1nc2ccccc2s1)c1ccc(SC(F)(F)F)cc1. The molecule has 1 heterocycles. The van der Waals surface area contributed by atoms with Crippen LogP contribution in [0.4, 0.5) is 13.2 Å². The highest BCUT2D eigenvalue weighted by molar-refractivity contribution is 8.00. The van der Waals surface area contributed by atoms with Crippen molar-refractivity contribution in [2.45, 2.75) is 16.9 Å². The van der Waals surface area contributed by atoms with E-state index >= 15 is 0 Å². The number of thioether (sulfide) groups is 1. The lowest BCUT2D eigenvalue weighted by Gasteiger charge is -2.07. The Balaban J connectivity index is 1.62. The number of thiazole rings is 1. The first-order valence-electron chi connectivity index (χ1n) is 6.89. The Labute approximate surface area is 143 Å². The first kappa shape index (κ1) is 16.8. The summed E-state index contributed by atoms with van der Waals surface area (Å²) in [4.78, 5) is 16.5. The summed E-state index contributed by atoms with van der Waals surface area (Å²) >= 11 is 1.28. The topological polar surface area (TPSA) is 42.0 Å². The molecular formula is C16H11F3N2OS2. The van der Waals surface area contributed by atoms with Crippen molar-refractivity contribution in [2.24, 2.45) is 0 Å². The molecule has 3 rings (SSSR count). The summed E-state index contributed by atoms with van der Waals surface area (Å²) < 4.78 is 37.9. The van der Waals surface area contributed by atoms with Gasteiger partial charge in [0.15, 0.2) is 0 Å². The summed E-state index contributed by atoms with van der Waals surface area (Å²) in [7, 11) is 0. The van der Waals surface area contributed by atoms with E-state index in [0.29, 0.717) is 5.56 Å². The highest BCUT2D eigenvalue weighted by Crippen LogP contribution is 2.36. The molecule has 24 heavy (non-hydrogen) atoms. The van der Waals surface area contributed by atoms with Gasteiger partial charge in [-0.3, -0.25) is 4.79 Å². The van der Waals surface area contributed by atoms with E-state index in [1.807, 2.05) is 24.3 Å². The third kappa shape index (κ3) is 4.27. The molecule has 0 unspecified atom stereocenters. The maximum Gasteiger partial charge on any atom is 0.446 e. The molecule has 2 aromatic carbocycles. The van der Waals surface area contributed by atoms with Crippen molar-refractivity contribution in [2.75, 3.05) is 0 Å². The number of benzene rings is 2. The predicted molar refractivity (Wildman–Crippen MR) is 89.1 cm³/mol. The zero-order chi connectivity index (χ0) is 17.2. The maximum atomic E-state index is 12.3. The van der Waals surface area contributed by atoms with Gasteiger partial charge in [0, 0.05) is 10.5 Å². The molecule has 0 aliphatic carbocycles. The molecule has 0 bridgehead atoms. The van der Waals surface area contributed by atoms with Crippen molar-refractivity contribution >= 4 is 39.2 Å². The van der Waals surface area contributed by atoms with Gasteiger partial charge in [0.05, 0.1) is 16.8 Å². The predicted octanol–water partition coefficient (Wildman–Crippen LogP) is 4.84. The maximum absolute atomic E-state index is 12.3. The Kier molecular flexibility index (Phi) is 4.77. The quantitative estimate of drug-likeness (QED) is 0.670. The number of aromatic nitrogens is 1. The average Bonchev–Trinajstić information content (AvgIpc) is 2.94. The van der Waals surface area contributed by atoms with E-state index in [4.69, 9.17) is 0 Å². The molecule has 0 aliphatic heterocycles. The molecule has 8 heteroatoms. The summed E-state index contributed by atoms with van der Waals surface area (Å²) in [6.45, 7) is 0.275. The van der Waals surface area contributed by atoms with Crippen LogP contribution in [0.2, 0.25) is 0 Å². The third-order valence-electron chi connectivity index (χ3n) is 3.09. The van der Waals surface area contributed by atoms with Gasteiger partial charge in [-0.1, -0.05) is 12.1 Å². The monoisotopic (exact) mass is 368 g/mol. The molecule has 0 radical (unpaired) electrons. The summed E-state index contributed by atoms with van der Waals surface area (Å²) in [5, 5.41) is 3.50. The molecule has 1 aromatic heterocycles. The molecule has 1 N–H and O–H groups in total. The number of carbonyl (C=O) groups is 1. The van der Waals surface area contributed by atoms with E-state index < -0.39 is 5.51 Å². The van der Waals surface area contributed by atoms with Crippen LogP contribution in [0.15, 0.2) is 53.4 Å². The summed E-state index contributed by atoms with van der Waals surface area (Å²) in [6.07, 6.45) is 0. The number of nitrogens with zero attached hydrogens (tertiary/aromatic N) is 1. The average molecular weight is 368 g/mol. The minimum Gasteiger partial charge on any atom is -0.346 e. The number of para-hydroxylation sites is 1. The number of halogens is 3. The Bertz CT molecular complexity index is 827. The van der Waals surface area contributed by atoms with Crippen LogP contribution in [-0.4, -0.2) is 16.4 Å². The highest BCUT2D eigenvalue weighted by atomic mass is 32.2. The molecule has 0 atom stereocenters. The normalized spacial score (nSPS) is 11.6. The van der Waals surface area contributed by atoms with Crippen LogP contribution >= 0.6 is 23.1 Å². The largest absolute Gasteiger partial charge is 0.446 e. The second-order valence-electron chi connectivity index (χ2n) is 4.83. The molecular weight excluding hydrogens is 357 g/mol. The Morgan fingerprint density at radius 3 is 2.50 bits per heavy atom. The Morgan fingerprint density at radius 1 is 1.12 bits per heavy atom. The first-order chi connectivity index (χ1) is 11.4. The van der Waals surface area contributed by atoms with Crippen molar-refractivity contribution in [1.82, 2.24) is 10.3 Å². The Morgan fingerprint density at radius 2 is 1.83 bits per heavy atom. The van der Waals surface area contributed by atoms with Gasteiger partial charge in [0.25, 0.3) is 5.91 Å². The minimum absolute atomic E-state index is 0.0465. The molecule has 0 fully saturated rings. The second-order valence-corrected chi connectivity index (χ2v) is 7.08. The number of hydrogen-bond donors (Lipinski definition) is 1. The minimum atomic E-state index is -4.34. The fraction of sp³-hybridized carbons (Fsp3) is 0.125. The number of alkyl halides is 3. The van der Waals surface area contributed by atoms with Gasteiger partial charge in [-0.2, -0.15) is 13.2 Å². The van der Waals surface area contributed by atoms with Crippen LogP contribution in [0.5, 0.6) is 0 Å². The van der Waals surface area contributed by atoms with Crippen LogP contribution in [0.1, 0.15) is 15.4 Å². The van der Waals surface area contributed by atoms with Crippen LogP contribution in [0.3, 0.4) is 0 Å². The summed E-state index contributed by atoms with van der Waals surface area (Å²) in [5.74, 6) is -0.349. The van der Waals surface area contributed by atoms with Gasteiger partial charge < -0.3 is 5.32 Å². The number of nitrogens with one attached hydrogen (secondary N) is 1. The van der Waals surface area contributed by atoms with Gasteiger partial charge in [-0.25, -0.2) is 4.98 Å². The van der Waals surface area contributed by atoms with E-state index in [2.05, 4.69) is 10.3 Å². The van der Waals surface area contributed by atoms with Crippen molar-refractivity contribution in [3.63, 3.8) is 0 Å². The summed E-state index contributed by atoms with van der Waals surface area (Å²) in [5.41, 5.74) is -3.15. The van der Waals surface area contributed by atoms with E-state index in [-0.39, 0.29) is 29.1 Å². The van der Waals surface area contributed by atoms with E-state index in [0.717, 1.165) is 15.2 Å². The van der Waals surface area contributed by atoms with Crippen LogP contribution in [0, 0.1) is 0 Å². The van der Waals surface area contributed by atoms with E-state index in [1.54, 1.807) is 0 Å². The number of hydrogen-bond acceptors (Lipinski definition) is 4. The third-order valence-corrected chi connectivity index (χ3v) is 4.86. The van der Waals surface area contributed by atoms with E-state index in [9.17, 15) is 18.0 Å². The van der Waals surface area contributed by atoms with Gasteiger partial charge in [0.2, 0.25) is 0 Å². The Hall–Kier alpha value is -2.06. The standard InChI is InChI=1S/C16H11F3N2OS2/c17-16(18,19)24-11-7-5-10(6-8-11)15(22)20-9-14-21-12-3-1-2-4-13(12)23-14/h1-8H,9H2,(H,20,22). The second kappa shape index (κ2) is 6.82. The lowest BCUT2D eigenvalue weighted by atomic mass is 10.2. The fourth-order valence-electron chi connectivity index (χ4n) is 2.06. The van der Waals surface area contributed by atoms with Gasteiger partial charge in [0.1, 0.15) is 5.01 Å². The zero-order valence-corrected chi connectivity index (χ0v) is 13.8. The summed E-state index contributed by atoms with van der Waals surface area (Å²) in [6, 6.07) is 13.0. The smallest absolute Gasteiger partial charge is 0.346 e. The molecule has 0 aliphatic rings. The van der Waals surface area contributed by atoms with Gasteiger partial charge >= 0.3 is 5.51 Å². The fourth-order valence-corrected chi connectivity index (χ4v) is 3.51. The van der Waals surface area contributed by atoms with Crippen molar-refractivity contribution in [3.05, 3.63) is 59.1 Å². The molecule has 0 spiro atoms. The van der Waals surface area contributed by atoms with Crippen LogP contribution in [-0.2, 0) is 6.54 Å². The molecule has 0 saturated carbocycles. The van der Waals surface area contributed by atoms with Crippen molar-refractivity contribution in [1.29, 1.82) is 0 Å². The van der Waals surface area contributed by atoms with Gasteiger partial charge in [-0.15, -0.1) is 11.3 Å². The van der Waals surface area contributed by atoms with Crippen molar-refractivity contribution < 1.29 is 18.0 Å². The van der Waals surface area contributed by atoms with Crippen molar-refractivity contribution in [3.8, 4) is 0 Å². The highest BCUT2D eigenvalue weighted by Gasteiger charge is 2.29. The number of rotatable bonds is 4. The van der Waals surface area contributed by atoms with Gasteiger partial charge in [-0.05, 0) is 48.2 Å². The molecule has 124 valence electrons. The van der Waals surface area contributed by atoms with Crippen LogP contribution in [0.25, 0.3) is 10.2 Å². The molecule has 3 aromatic rings. The van der Waals surface area contributed by atoms with Crippen LogP contribution < -0.4 is 5.32 Å². The number of amides is 1. The zero-order valence-electron chi connectivity index (χ0n) is 12.1. The molecule has 1 amide bonds. The molecule has 3 nitrogen and oxygen atoms in total. The first-order valence-corrected chi connectivity index (χ1v) is 8.52. The molecule has 0 saturated heterocycles. The number of carbonyl (C=O) groups excluding carboxylic acids is 1. The lowest BCUT2D eigenvalue weighted by molar-refractivity contribution is -0.0328. The lowest BCUT2D eigenvalue weighted by Crippen LogP contribution is -2.22.